The topological polar surface area (TPSA) is 97.0 Å². The Morgan fingerprint density at radius 3 is 2.41 bits per heavy atom. The highest BCUT2D eigenvalue weighted by atomic mass is 127. The number of likely N-dealkylation sites (N-methyl/N-ethyl adjacent to an activating group) is 1. The van der Waals surface area contributed by atoms with Crippen molar-refractivity contribution in [2.45, 2.75) is 78.0 Å². The fraction of sp³-hybridized carbons (Fsp3) is 0.789. The number of hydrogen-bond acceptors (Lipinski definition) is 6. The third kappa shape index (κ3) is 7.81. The van der Waals surface area contributed by atoms with Gasteiger partial charge in [-0.3, -0.25) is 9.58 Å². The molecule has 0 unspecified atom stereocenters. The largest absolute Gasteiger partial charge is 0.479 e. The molecule has 8 nitrogen and oxygen atoms in total. The number of aliphatic hydroxyl groups excluding tert-OH is 1. The highest BCUT2D eigenvalue weighted by Gasteiger charge is 2.37. The van der Waals surface area contributed by atoms with Crippen LogP contribution in [-0.2, 0) is 22.3 Å². The number of halogens is 1. The maximum absolute atomic E-state index is 10.9. The van der Waals surface area contributed by atoms with E-state index in [9.17, 15) is 9.90 Å². The molecule has 0 saturated heterocycles. The molecule has 1 atom stereocenters. The lowest BCUT2D eigenvalue weighted by molar-refractivity contribution is -0.147. The first-order valence-electron chi connectivity index (χ1n) is 9.81. The first kappa shape index (κ1) is 26.3. The van der Waals surface area contributed by atoms with Crippen LogP contribution >= 0.6 is 22.6 Å². The van der Waals surface area contributed by atoms with Crippen LogP contribution in [0.1, 0.15) is 40.3 Å². The molecule has 0 spiro atoms. The number of hydrogen-bond donors (Lipinski definition) is 2. The van der Waals surface area contributed by atoms with Gasteiger partial charge in [-0.2, -0.15) is 0 Å². The molecule has 0 bridgehead atoms. The smallest absolute Gasteiger partial charge is 0.333 e. The molecule has 1 aromatic rings. The minimum absolute atomic E-state index is 0.00485. The molecule has 1 heterocycles. The van der Waals surface area contributed by atoms with Crippen molar-refractivity contribution >= 4 is 36.9 Å². The average Bonchev–Trinajstić information content (AvgIpc) is 2.81. The molecular weight excluding hydrogens is 505 g/mol. The maximum atomic E-state index is 10.9. The van der Waals surface area contributed by atoms with Gasteiger partial charge in [0.15, 0.2) is 14.4 Å². The molecule has 10 heteroatoms. The quantitative estimate of drug-likeness (QED) is 0.328. The van der Waals surface area contributed by atoms with Crippen LogP contribution in [0.4, 0.5) is 0 Å². The maximum Gasteiger partial charge on any atom is 0.333 e. The van der Waals surface area contributed by atoms with Crippen LogP contribution in [0.3, 0.4) is 0 Å². The highest BCUT2D eigenvalue weighted by Crippen LogP contribution is 2.36. The number of carboxylic acid groups (broad SMARTS) is 1. The molecule has 0 radical (unpaired) electrons. The van der Waals surface area contributed by atoms with Crippen molar-refractivity contribution in [3.8, 4) is 5.88 Å². The van der Waals surface area contributed by atoms with Crippen LogP contribution in [0.15, 0.2) is 0 Å². The molecule has 1 aromatic heterocycles. The number of ether oxygens (including phenoxy) is 1. The van der Waals surface area contributed by atoms with Crippen molar-refractivity contribution in [1.82, 2.24) is 14.7 Å². The molecule has 0 aliphatic rings. The first-order valence-corrected chi connectivity index (χ1v) is 13.8. The number of aliphatic hydroxyl groups is 1. The van der Waals surface area contributed by atoms with Crippen molar-refractivity contribution in [2.24, 2.45) is 0 Å². The summed E-state index contributed by atoms with van der Waals surface area (Å²) in [6, 6.07) is 0. The van der Waals surface area contributed by atoms with Crippen LogP contribution in [0.5, 0.6) is 5.88 Å². The monoisotopic (exact) mass is 541 g/mol. The van der Waals surface area contributed by atoms with Gasteiger partial charge >= 0.3 is 5.97 Å². The van der Waals surface area contributed by atoms with Crippen molar-refractivity contribution in [3.63, 3.8) is 0 Å². The van der Waals surface area contributed by atoms with Gasteiger partial charge in [0.2, 0.25) is 5.88 Å². The Morgan fingerprint density at radius 1 is 1.34 bits per heavy atom. The molecule has 0 aliphatic heterocycles. The fourth-order valence-corrected chi connectivity index (χ4v) is 4.10. The van der Waals surface area contributed by atoms with E-state index >= 15 is 0 Å². The second-order valence-corrected chi connectivity index (χ2v) is 15.0. The second-order valence-electron chi connectivity index (χ2n) is 9.12. The summed E-state index contributed by atoms with van der Waals surface area (Å²) in [6.45, 7) is 16.5. The van der Waals surface area contributed by atoms with Gasteiger partial charge in [-0.25, -0.2) is 4.79 Å². The molecule has 0 saturated carbocycles. The summed E-state index contributed by atoms with van der Waals surface area (Å²) in [6.07, 6.45) is -1.43. The molecule has 1 rings (SSSR count). The molecule has 0 amide bonds. The summed E-state index contributed by atoms with van der Waals surface area (Å²) in [5, 5.41) is 23.3. The van der Waals surface area contributed by atoms with Gasteiger partial charge in [0, 0.05) is 13.1 Å². The summed E-state index contributed by atoms with van der Waals surface area (Å²) in [5.41, 5.74) is 0.917. The normalized spacial score (nSPS) is 13.9. The Labute approximate surface area is 188 Å². The van der Waals surface area contributed by atoms with Crippen LogP contribution in [0.2, 0.25) is 18.1 Å². The van der Waals surface area contributed by atoms with Gasteiger partial charge in [-0.1, -0.05) is 20.8 Å². The highest BCUT2D eigenvalue weighted by molar-refractivity contribution is 14.1. The molecule has 0 fully saturated rings. The summed E-state index contributed by atoms with van der Waals surface area (Å²) in [5.74, 6) is -0.665. The third-order valence-electron chi connectivity index (χ3n) is 5.07. The zero-order valence-electron chi connectivity index (χ0n) is 18.8. The van der Waals surface area contributed by atoms with Crippen LogP contribution < -0.4 is 4.74 Å². The fourth-order valence-electron chi connectivity index (χ4n) is 2.38. The van der Waals surface area contributed by atoms with E-state index in [0.29, 0.717) is 25.6 Å². The van der Waals surface area contributed by atoms with Crippen LogP contribution in [-0.4, -0.2) is 71.6 Å². The van der Waals surface area contributed by atoms with E-state index in [1.165, 1.54) is 0 Å². The lowest BCUT2D eigenvalue weighted by Crippen LogP contribution is -2.41. The summed E-state index contributed by atoms with van der Waals surface area (Å²) in [4.78, 5) is 12.7. The van der Waals surface area contributed by atoms with Crippen molar-refractivity contribution < 1.29 is 24.2 Å². The van der Waals surface area contributed by atoms with E-state index in [2.05, 4.69) is 61.6 Å². The Kier molecular flexibility index (Phi) is 9.59. The average molecular weight is 542 g/mol. The Bertz CT molecular complexity index is 688. The van der Waals surface area contributed by atoms with Crippen LogP contribution in [0.25, 0.3) is 0 Å². The lowest BCUT2D eigenvalue weighted by Gasteiger charge is -2.36. The van der Waals surface area contributed by atoms with E-state index in [4.69, 9.17) is 14.3 Å². The number of carboxylic acids is 1. The number of nitrogens with zero attached hydrogens (tertiary/aromatic N) is 3. The van der Waals surface area contributed by atoms with Crippen molar-refractivity contribution in [1.29, 1.82) is 0 Å². The number of aromatic nitrogens is 2. The SMILES string of the molecule is CC(C)Oc1nn(CCO[Si](C)(C)C(C)(C)C)c(CN(C)C[C@@H](O)C(=O)O)c1I. The van der Waals surface area contributed by atoms with Gasteiger partial charge in [-0.15, -0.1) is 5.10 Å². The van der Waals surface area contributed by atoms with E-state index in [1.54, 1.807) is 11.9 Å². The van der Waals surface area contributed by atoms with Gasteiger partial charge in [0.1, 0.15) is 0 Å². The summed E-state index contributed by atoms with van der Waals surface area (Å²) >= 11 is 2.21. The molecule has 0 aromatic carbocycles. The van der Waals surface area contributed by atoms with Crippen molar-refractivity contribution in [3.05, 3.63) is 9.26 Å². The Morgan fingerprint density at radius 2 is 1.93 bits per heavy atom. The third-order valence-corrected chi connectivity index (χ3v) is 10.7. The Hall–Kier alpha value is -0.693. The van der Waals surface area contributed by atoms with E-state index in [-0.39, 0.29) is 17.7 Å². The van der Waals surface area contributed by atoms with Crippen LogP contribution in [0, 0.1) is 3.57 Å². The summed E-state index contributed by atoms with van der Waals surface area (Å²) < 4.78 is 14.9. The minimum atomic E-state index is -1.86. The molecule has 29 heavy (non-hydrogen) atoms. The lowest BCUT2D eigenvalue weighted by atomic mass is 10.2. The Balaban J connectivity index is 2.98. The standard InChI is InChI=1S/C19H36IN3O5Si/c1-13(2)28-17-16(20)14(11-22(6)12-15(24)18(25)26)23(21-17)9-10-27-29(7,8)19(3,4)5/h13,15,24H,9-12H2,1-8H3,(H,25,26)/t15-/m1/s1. The molecule has 0 aliphatic carbocycles. The number of rotatable bonds is 11. The number of aliphatic carboxylic acids is 1. The zero-order chi connectivity index (χ0) is 22.6. The summed E-state index contributed by atoms with van der Waals surface area (Å²) in [7, 11) is -0.0860. The van der Waals surface area contributed by atoms with Crippen molar-refractivity contribution in [2.75, 3.05) is 20.2 Å². The van der Waals surface area contributed by atoms with Gasteiger partial charge < -0.3 is 19.4 Å². The van der Waals surface area contributed by atoms with Gasteiger partial charge in [-0.05, 0) is 61.6 Å². The van der Waals surface area contributed by atoms with Gasteiger partial charge in [0.25, 0.3) is 0 Å². The first-order chi connectivity index (χ1) is 13.2. The second kappa shape index (κ2) is 10.6. The number of carbonyl (C=O) groups is 1. The molecule has 2 N–H and O–H groups in total. The van der Waals surface area contributed by atoms with E-state index in [0.717, 1.165) is 9.26 Å². The zero-order valence-corrected chi connectivity index (χ0v) is 22.0. The molecule has 168 valence electrons. The van der Waals surface area contributed by atoms with E-state index in [1.807, 2.05) is 18.5 Å². The van der Waals surface area contributed by atoms with E-state index < -0.39 is 20.4 Å². The minimum Gasteiger partial charge on any atom is -0.479 e. The predicted molar refractivity (Wildman–Crippen MR) is 124 cm³/mol. The molecular formula is C19H36IN3O5Si. The van der Waals surface area contributed by atoms with Gasteiger partial charge in [0.05, 0.1) is 28.5 Å². The predicted octanol–water partition coefficient (Wildman–Crippen LogP) is 3.17.